The van der Waals surface area contributed by atoms with Gasteiger partial charge in [0, 0.05) is 10.8 Å². The zero-order valence-electron chi connectivity index (χ0n) is 26.5. The van der Waals surface area contributed by atoms with Crippen molar-refractivity contribution >= 4 is 64.6 Å². The van der Waals surface area contributed by atoms with Crippen LogP contribution < -0.4 is 0 Å². The molecule has 0 bridgehead atoms. The van der Waals surface area contributed by atoms with Gasteiger partial charge in [-0.15, -0.1) is 0 Å². The fraction of sp³-hybridized carbons (Fsp3) is 0.130. The Morgan fingerprint density at radius 2 is 0.913 bits per heavy atom. The second-order valence-corrected chi connectivity index (χ2v) is 14.8. The Morgan fingerprint density at radius 3 is 1.70 bits per heavy atom. The smallest absolute Gasteiger partial charge is 0.0168 e. The molecule has 0 fully saturated rings. The zero-order valence-corrected chi connectivity index (χ0v) is 26.5. The van der Waals surface area contributed by atoms with E-state index in [1.165, 1.54) is 109 Å². The van der Waals surface area contributed by atoms with Crippen molar-refractivity contribution in [2.24, 2.45) is 0 Å². The number of fused-ring (bicyclic) bond motifs is 15. The zero-order chi connectivity index (χ0) is 30.7. The van der Waals surface area contributed by atoms with E-state index in [0.29, 0.717) is 0 Å². The molecule has 0 amide bonds. The lowest BCUT2D eigenvalue weighted by atomic mass is 9.71. The first-order valence-electron chi connectivity index (χ1n) is 16.6. The molecule has 0 radical (unpaired) electrons. The predicted octanol–water partition coefficient (Wildman–Crippen LogP) is 12.7. The maximum absolute atomic E-state index is 2.52. The lowest BCUT2D eigenvalue weighted by molar-refractivity contribution is 0.604. The van der Waals surface area contributed by atoms with Gasteiger partial charge in [-0.2, -0.15) is 0 Å². The average molecular weight is 585 g/mol. The first-order chi connectivity index (χ1) is 22.4. The summed E-state index contributed by atoms with van der Waals surface area (Å²) in [6.07, 6.45) is 0. The van der Waals surface area contributed by atoms with Crippen LogP contribution in [0.4, 0.5) is 0 Å². The Balaban J connectivity index is 1.30. The van der Waals surface area contributed by atoms with Gasteiger partial charge in [-0.25, -0.2) is 0 Å². The van der Waals surface area contributed by atoms with Gasteiger partial charge in [0.15, 0.2) is 0 Å². The first-order valence-corrected chi connectivity index (χ1v) is 16.6. The third-order valence-electron chi connectivity index (χ3n) is 11.9. The summed E-state index contributed by atoms with van der Waals surface area (Å²) in [5, 5.41) is 16.3. The third kappa shape index (κ3) is 2.72. The van der Waals surface area contributed by atoms with Crippen molar-refractivity contribution in [3.05, 3.63) is 144 Å². The van der Waals surface area contributed by atoms with E-state index in [2.05, 4.69) is 149 Å². The maximum Gasteiger partial charge on any atom is 0.0168 e. The molecule has 0 heterocycles. The molecule has 46 heavy (non-hydrogen) atoms. The lowest BCUT2D eigenvalue weighted by Gasteiger charge is -2.31. The number of benzene rings is 9. The van der Waals surface area contributed by atoms with Crippen molar-refractivity contribution in [1.82, 2.24) is 0 Å². The molecule has 0 saturated carbocycles. The fourth-order valence-corrected chi connectivity index (χ4v) is 10.1. The third-order valence-corrected chi connectivity index (χ3v) is 11.9. The molecule has 216 valence electrons. The van der Waals surface area contributed by atoms with Crippen LogP contribution in [0.5, 0.6) is 0 Å². The highest BCUT2D eigenvalue weighted by Crippen LogP contribution is 2.63. The van der Waals surface area contributed by atoms with Crippen LogP contribution in [0.15, 0.2) is 121 Å². The van der Waals surface area contributed by atoms with Crippen LogP contribution in [0.1, 0.15) is 49.9 Å². The van der Waals surface area contributed by atoms with E-state index in [1.54, 1.807) is 0 Å². The van der Waals surface area contributed by atoms with Crippen LogP contribution in [-0.4, -0.2) is 0 Å². The van der Waals surface area contributed by atoms with E-state index < -0.39 is 0 Å². The minimum Gasteiger partial charge on any atom is -0.0616 e. The van der Waals surface area contributed by atoms with Crippen LogP contribution in [0.25, 0.3) is 86.9 Å². The van der Waals surface area contributed by atoms with Gasteiger partial charge in [0.05, 0.1) is 0 Å². The molecule has 9 aromatic rings. The molecule has 2 aliphatic carbocycles. The quantitative estimate of drug-likeness (QED) is 0.156. The number of rotatable bonds is 0. The molecule has 0 aliphatic heterocycles. The molecular weight excluding hydrogens is 553 g/mol. The van der Waals surface area contributed by atoms with Gasteiger partial charge < -0.3 is 0 Å². The second-order valence-electron chi connectivity index (χ2n) is 14.8. The van der Waals surface area contributed by atoms with Crippen molar-refractivity contribution in [3.8, 4) is 22.3 Å². The number of hydrogen-bond acceptors (Lipinski definition) is 0. The Kier molecular flexibility index (Phi) is 4.33. The molecule has 0 saturated heterocycles. The predicted molar refractivity (Wildman–Crippen MR) is 198 cm³/mol. The molecule has 0 unspecified atom stereocenters. The van der Waals surface area contributed by atoms with E-state index >= 15 is 0 Å². The summed E-state index contributed by atoms with van der Waals surface area (Å²) < 4.78 is 0. The maximum atomic E-state index is 2.52. The highest BCUT2D eigenvalue weighted by molar-refractivity contribution is 6.28. The summed E-state index contributed by atoms with van der Waals surface area (Å²) in [5.41, 5.74) is 11.3. The summed E-state index contributed by atoms with van der Waals surface area (Å²) >= 11 is 0. The van der Waals surface area contributed by atoms with Crippen LogP contribution in [0.3, 0.4) is 0 Å². The Hall–Kier alpha value is -5.20. The molecule has 0 heteroatoms. The molecule has 11 rings (SSSR count). The molecule has 0 atom stereocenters. The molecule has 2 aliphatic rings. The summed E-state index contributed by atoms with van der Waals surface area (Å²) in [6, 6.07) is 46.3. The Morgan fingerprint density at radius 1 is 0.348 bits per heavy atom. The molecule has 9 aromatic carbocycles. The minimum atomic E-state index is -0.166. The normalized spacial score (nSPS) is 15.7. The fourth-order valence-electron chi connectivity index (χ4n) is 10.1. The Bertz CT molecular complexity index is 2830. The van der Waals surface area contributed by atoms with Crippen molar-refractivity contribution in [2.75, 3.05) is 0 Å². The first kappa shape index (κ1) is 25.0. The molecule has 0 aromatic heterocycles. The summed E-state index contributed by atoms with van der Waals surface area (Å²) in [6.45, 7) is 9.91. The van der Waals surface area contributed by atoms with Crippen LogP contribution in [0, 0.1) is 0 Å². The van der Waals surface area contributed by atoms with Gasteiger partial charge in [-0.1, -0.05) is 143 Å². The largest absolute Gasteiger partial charge is 0.0616 e. The van der Waals surface area contributed by atoms with E-state index in [-0.39, 0.29) is 10.8 Å². The lowest BCUT2D eigenvalue weighted by Crippen LogP contribution is -2.24. The standard InChI is InChI=1S/C46H32/c1-45(2)36-24-28-17-16-26-11-9-12-27-19-21-32(38(28)37(26)27)40(36)34-22-23-35-41-33-20-18-25-10-5-6-13-29(25)39(33)30-14-7-8-15-31(30)42(41)46(3,4)44(35)43(34)45/h5-24H,1-4H3. The van der Waals surface area contributed by atoms with E-state index in [1.807, 2.05) is 0 Å². The monoisotopic (exact) mass is 584 g/mol. The van der Waals surface area contributed by atoms with Crippen molar-refractivity contribution in [1.29, 1.82) is 0 Å². The topological polar surface area (TPSA) is 0 Å². The van der Waals surface area contributed by atoms with Gasteiger partial charge in [0.2, 0.25) is 0 Å². The number of hydrogen-bond donors (Lipinski definition) is 0. The average Bonchev–Trinajstić information content (AvgIpc) is 3.46. The van der Waals surface area contributed by atoms with E-state index in [0.717, 1.165) is 0 Å². The van der Waals surface area contributed by atoms with Gasteiger partial charge in [-0.05, 0) is 115 Å². The molecule has 0 spiro atoms. The minimum absolute atomic E-state index is 0.141. The van der Waals surface area contributed by atoms with Crippen LogP contribution >= 0.6 is 0 Å². The Labute approximate surface area is 268 Å². The van der Waals surface area contributed by atoms with Gasteiger partial charge in [-0.3, -0.25) is 0 Å². The molecule has 0 nitrogen and oxygen atoms in total. The van der Waals surface area contributed by atoms with Crippen molar-refractivity contribution in [2.45, 2.75) is 38.5 Å². The summed E-state index contributed by atoms with van der Waals surface area (Å²) in [5.74, 6) is 0. The van der Waals surface area contributed by atoms with Gasteiger partial charge >= 0.3 is 0 Å². The van der Waals surface area contributed by atoms with Crippen LogP contribution in [-0.2, 0) is 10.8 Å². The van der Waals surface area contributed by atoms with Crippen LogP contribution in [0.2, 0.25) is 0 Å². The highest BCUT2D eigenvalue weighted by atomic mass is 14.5. The SMILES string of the molecule is CC1(C)c2cc3ccc4cccc5ccc(c2-c2ccc6c(c21)C(C)(C)c1c-6c2ccc6ccccc6c2c2ccccc12)c3c45. The van der Waals surface area contributed by atoms with E-state index in [4.69, 9.17) is 0 Å². The summed E-state index contributed by atoms with van der Waals surface area (Å²) in [7, 11) is 0. The van der Waals surface area contributed by atoms with Crippen molar-refractivity contribution in [3.63, 3.8) is 0 Å². The highest BCUT2D eigenvalue weighted by Gasteiger charge is 2.47. The molecular formula is C46H32. The van der Waals surface area contributed by atoms with Gasteiger partial charge in [0.25, 0.3) is 0 Å². The molecule has 0 N–H and O–H groups in total. The summed E-state index contributed by atoms with van der Waals surface area (Å²) in [4.78, 5) is 0. The van der Waals surface area contributed by atoms with Crippen molar-refractivity contribution < 1.29 is 0 Å². The second kappa shape index (κ2) is 7.95. The van der Waals surface area contributed by atoms with E-state index in [9.17, 15) is 0 Å². The van der Waals surface area contributed by atoms with Gasteiger partial charge in [0.1, 0.15) is 0 Å².